The van der Waals surface area contributed by atoms with Crippen LogP contribution in [0.15, 0.2) is 24.8 Å². The fraction of sp³-hybridized carbons (Fsp3) is 0.700. The van der Waals surface area contributed by atoms with Gasteiger partial charge in [0.1, 0.15) is 18.5 Å². The van der Waals surface area contributed by atoms with Gasteiger partial charge < -0.3 is 14.2 Å². The van der Waals surface area contributed by atoms with Crippen LogP contribution in [0, 0.1) is 17.8 Å². The average Bonchev–Trinajstić information content (AvgIpc) is 2.58. The molecular weight excluding hydrogens is 320 g/mol. The highest BCUT2D eigenvalue weighted by Gasteiger charge is 2.36. The Balaban J connectivity index is 2.62. The molecule has 0 fully saturated rings. The standard InChI is InChI=1S/C20H32O5/c1-6-11-23-12-16(25-15(4)5)13-24-20(22)18-10-8-7-9-17(18)19(21)14(2)3/h6-8,14-18H,1,9-13H2,2-5H3. The molecule has 0 aromatic carbocycles. The lowest BCUT2D eigenvalue weighted by atomic mass is 9.77. The van der Waals surface area contributed by atoms with Gasteiger partial charge in [0.05, 0.1) is 25.2 Å². The molecule has 0 saturated heterocycles. The Labute approximate surface area is 151 Å². The van der Waals surface area contributed by atoms with E-state index in [9.17, 15) is 9.59 Å². The van der Waals surface area contributed by atoms with Crippen LogP contribution < -0.4 is 0 Å². The number of hydrogen-bond donors (Lipinski definition) is 0. The third kappa shape index (κ3) is 7.53. The van der Waals surface area contributed by atoms with Crippen LogP contribution in [-0.4, -0.2) is 43.8 Å². The van der Waals surface area contributed by atoms with Crippen molar-refractivity contribution in [3.05, 3.63) is 24.8 Å². The molecule has 5 heteroatoms. The van der Waals surface area contributed by atoms with Crippen molar-refractivity contribution in [2.45, 2.75) is 52.7 Å². The van der Waals surface area contributed by atoms with Crippen molar-refractivity contribution in [3.63, 3.8) is 0 Å². The molecule has 1 aliphatic carbocycles. The Morgan fingerprint density at radius 2 is 1.76 bits per heavy atom. The Bertz CT molecular complexity index is 467. The smallest absolute Gasteiger partial charge is 0.310 e. The van der Waals surface area contributed by atoms with Crippen LogP contribution in [0.5, 0.6) is 0 Å². The molecule has 0 radical (unpaired) electrons. The molecule has 3 unspecified atom stereocenters. The molecule has 142 valence electrons. The fourth-order valence-corrected chi connectivity index (χ4v) is 2.89. The molecule has 25 heavy (non-hydrogen) atoms. The summed E-state index contributed by atoms with van der Waals surface area (Å²) in [5.74, 6) is -0.996. The van der Waals surface area contributed by atoms with E-state index < -0.39 is 5.92 Å². The highest BCUT2D eigenvalue weighted by atomic mass is 16.6. The zero-order valence-electron chi connectivity index (χ0n) is 15.9. The largest absolute Gasteiger partial charge is 0.463 e. The first-order valence-corrected chi connectivity index (χ1v) is 9.06. The number of esters is 1. The number of hydrogen-bond acceptors (Lipinski definition) is 5. The van der Waals surface area contributed by atoms with Crippen molar-refractivity contribution >= 4 is 11.8 Å². The third-order valence-corrected chi connectivity index (χ3v) is 4.09. The minimum atomic E-state index is -0.409. The van der Waals surface area contributed by atoms with Crippen molar-refractivity contribution < 1.29 is 23.8 Å². The van der Waals surface area contributed by atoms with Crippen LogP contribution in [0.4, 0.5) is 0 Å². The molecule has 0 aromatic rings. The molecule has 0 heterocycles. The van der Waals surface area contributed by atoms with Gasteiger partial charge in [0.2, 0.25) is 0 Å². The van der Waals surface area contributed by atoms with E-state index in [1.807, 2.05) is 39.8 Å². The molecule has 1 aliphatic rings. The number of carbonyl (C=O) groups excluding carboxylic acids is 2. The minimum absolute atomic E-state index is 0.00362. The lowest BCUT2D eigenvalue weighted by Crippen LogP contribution is -2.37. The summed E-state index contributed by atoms with van der Waals surface area (Å²) in [4.78, 5) is 24.9. The molecular formula is C20H32O5. The molecule has 0 aromatic heterocycles. The van der Waals surface area contributed by atoms with Crippen molar-refractivity contribution in [1.82, 2.24) is 0 Å². The zero-order valence-corrected chi connectivity index (χ0v) is 15.9. The monoisotopic (exact) mass is 352 g/mol. The van der Waals surface area contributed by atoms with E-state index in [-0.39, 0.29) is 42.4 Å². The summed E-state index contributed by atoms with van der Waals surface area (Å²) in [6, 6.07) is 0. The predicted octanol–water partition coefficient (Wildman–Crippen LogP) is 3.33. The molecule has 0 bridgehead atoms. The molecule has 0 amide bonds. The van der Waals surface area contributed by atoms with Gasteiger partial charge in [0, 0.05) is 11.8 Å². The molecule has 0 aliphatic heterocycles. The normalized spacial score (nSPS) is 21.4. The first kappa shape index (κ1) is 21.6. The highest BCUT2D eigenvalue weighted by molar-refractivity contribution is 5.88. The van der Waals surface area contributed by atoms with E-state index in [0.717, 1.165) is 0 Å². The molecule has 3 atom stereocenters. The highest BCUT2D eigenvalue weighted by Crippen LogP contribution is 2.29. The van der Waals surface area contributed by atoms with Crippen molar-refractivity contribution in [3.8, 4) is 0 Å². The van der Waals surface area contributed by atoms with Gasteiger partial charge in [0.15, 0.2) is 0 Å². The second-order valence-electron chi connectivity index (χ2n) is 6.98. The maximum absolute atomic E-state index is 12.5. The van der Waals surface area contributed by atoms with E-state index in [1.165, 1.54) is 0 Å². The number of allylic oxidation sites excluding steroid dienone is 2. The van der Waals surface area contributed by atoms with E-state index in [0.29, 0.717) is 26.1 Å². The van der Waals surface area contributed by atoms with Gasteiger partial charge in [-0.25, -0.2) is 0 Å². The summed E-state index contributed by atoms with van der Waals surface area (Å²) in [5.41, 5.74) is 0. The molecule has 0 N–H and O–H groups in total. The van der Waals surface area contributed by atoms with Crippen LogP contribution in [0.1, 0.15) is 40.5 Å². The summed E-state index contributed by atoms with van der Waals surface area (Å²) in [6.45, 7) is 12.1. The number of rotatable bonds is 11. The number of carbonyl (C=O) groups is 2. The van der Waals surface area contributed by atoms with Gasteiger partial charge in [0.25, 0.3) is 0 Å². The second-order valence-corrected chi connectivity index (χ2v) is 6.98. The lowest BCUT2D eigenvalue weighted by Gasteiger charge is -2.28. The Morgan fingerprint density at radius 1 is 1.12 bits per heavy atom. The van der Waals surface area contributed by atoms with Crippen molar-refractivity contribution in [1.29, 1.82) is 0 Å². The van der Waals surface area contributed by atoms with Gasteiger partial charge in [-0.3, -0.25) is 9.59 Å². The third-order valence-electron chi connectivity index (χ3n) is 4.09. The quantitative estimate of drug-likeness (QED) is 0.324. The summed E-state index contributed by atoms with van der Waals surface area (Å²) < 4.78 is 16.6. The Hall–Kier alpha value is -1.46. The topological polar surface area (TPSA) is 61.8 Å². The number of ether oxygens (including phenoxy) is 3. The van der Waals surface area contributed by atoms with Gasteiger partial charge in [-0.05, 0) is 26.7 Å². The molecule has 0 spiro atoms. The van der Waals surface area contributed by atoms with Crippen LogP contribution in [-0.2, 0) is 23.8 Å². The summed E-state index contributed by atoms with van der Waals surface area (Å²) >= 11 is 0. The summed E-state index contributed by atoms with van der Waals surface area (Å²) in [6.07, 6.45) is 6.41. The van der Waals surface area contributed by atoms with E-state index in [2.05, 4.69) is 6.58 Å². The molecule has 5 nitrogen and oxygen atoms in total. The van der Waals surface area contributed by atoms with E-state index in [4.69, 9.17) is 14.2 Å². The summed E-state index contributed by atoms with van der Waals surface area (Å²) in [5, 5.41) is 0. The van der Waals surface area contributed by atoms with E-state index in [1.54, 1.807) is 6.08 Å². The fourth-order valence-electron chi connectivity index (χ4n) is 2.89. The van der Waals surface area contributed by atoms with Crippen LogP contribution >= 0.6 is 0 Å². The Morgan fingerprint density at radius 3 is 2.32 bits per heavy atom. The van der Waals surface area contributed by atoms with Crippen molar-refractivity contribution in [2.24, 2.45) is 17.8 Å². The van der Waals surface area contributed by atoms with Gasteiger partial charge >= 0.3 is 5.97 Å². The van der Waals surface area contributed by atoms with E-state index >= 15 is 0 Å². The lowest BCUT2D eigenvalue weighted by molar-refractivity contribution is -0.160. The first-order chi connectivity index (χ1) is 11.9. The number of Topliss-reactive ketones (excluding diaryl/α,β-unsaturated/α-hetero) is 1. The van der Waals surface area contributed by atoms with Crippen LogP contribution in [0.3, 0.4) is 0 Å². The minimum Gasteiger partial charge on any atom is -0.463 e. The SMILES string of the molecule is C=CCOCC(COC(=O)C1CC=CCC1C(=O)C(C)C)OC(C)C. The first-order valence-electron chi connectivity index (χ1n) is 9.06. The predicted molar refractivity (Wildman–Crippen MR) is 97.2 cm³/mol. The maximum Gasteiger partial charge on any atom is 0.310 e. The Kier molecular flexibility index (Phi) is 9.68. The molecule has 1 rings (SSSR count). The van der Waals surface area contributed by atoms with Crippen LogP contribution in [0.2, 0.25) is 0 Å². The van der Waals surface area contributed by atoms with Crippen molar-refractivity contribution in [2.75, 3.05) is 19.8 Å². The zero-order chi connectivity index (χ0) is 18.8. The second kappa shape index (κ2) is 11.2. The van der Waals surface area contributed by atoms with Gasteiger partial charge in [-0.2, -0.15) is 0 Å². The van der Waals surface area contributed by atoms with Crippen LogP contribution in [0.25, 0.3) is 0 Å². The van der Waals surface area contributed by atoms with Gasteiger partial charge in [-0.15, -0.1) is 6.58 Å². The maximum atomic E-state index is 12.5. The summed E-state index contributed by atoms with van der Waals surface area (Å²) in [7, 11) is 0. The average molecular weight is 352 g/mol. The van der Waals surface area contributed by atoms with Gasteiger partial charge in [-0.1, -0.05) is 32.1 Å². The molecule has 0 saturated carbocycles. The number of ketones is 1.